The van der Waals surface area contributed by atoms with Crippen molar-refractivity contribution in [2.75, 3.05) is 20.1 Å². The number of rotatable bonds is 4. The van der Waals surface area contributed by atoms with Crippen molar-refractivity contribution in [3.8, 4) is 0 Å². The van der Waals surface area contributed by atoms with E-state index in [1.165, 1.54) is 0 Å². The van der Waals surface area contributed by atoms with Gasteiger partial charge in [0, 0.05) is 31.6 Å². The van der Waals surface area contributed by atoms with Crippen molar-refractivity contribution in [1.82, 2.24) is 10.2 Å². The first kappa shape index (κ1) is 10.5. The molecule has 1 saturated heterocycles. The third-order valence-corrected chi connectivity index (χ3v) is 2.69. The van der Waals surface area contributed by atoms with Gasteiger partial charge in [0.25, 0.3) is 0 Å². The average Bonchev–Trinajstić information content (AvgIpc) is 2.30. The molecular weight excluding hydrogens is 166 g/mol. The normalized spacial score (nSPS) is 29.4. The quantitative estimate of drug-likeness (QED) is 0.623. The lowest BCUT2D eigenvalue weighted by Crippen LogP contribution is -2.33. The van der Waals surface area contributed by atoms with Crippen LogP contribution in [-0.4, -0.2) is 43.0 Å². The van der Waals surface area contributed by atoms with E-state index in [1.54, 1.807) is 0 Å². The Bertz CT molecular complexity index is 174. The molecule has 0 bridgehead atoms. The average molecular weight is 185 g/mol. The molecular formula is C9H19N3O. The standard InChI is InChI=1S/C9H19N3O/c1-7-5-8(6-12(7)2)11-4-3-9(10)13/h7-8,11H,3-6H2,1-2H3,(H2,10,13). The first-order valence-corrected chi connectivity index (χ1v) is 4.81. The Morgan fingerprint density at radius 1 is 1.69 bits per heavy atom. The Labute approximate surface area is 79.5 Å². The summed E-state index contributed by atoms with van der Waals surface area (Å²) in [6.07, 6.45) is 1.60. The van der Waals surface area contributed by atoms with Crippen molar-refractivity contribution in [3.05, 3.63) is 0 Å². The van der Waals surface area contributed by atoms with Crippen molar-refractivity contribution in [3.63, 3.8) is 0 Å². The molecule has 2 atom stereocenters. The molecule has 1 fully saturated rings. The van der Waals surface area contributed by atoms with Gasteiger partial charge in [-0.15, -0.1) is 0 Å². The summed E-state index contributed by atoms with van der Waals surface area (Å²) in [5.74, 6) is -0.230. The Morgan fingerprint density at radius 2 is 2.38 bits per heavy atom. The number of carbonyl (C=O) groups is 1. The van der Waals surface area contributed by atoms with Crippen molar-refractivity contribution < 1.29 is 4.79 Å². The summed E-state index contributed by atoms with van der Waals surface area (Å²) in [5, 5.41) is 3.33. The summed E-state index contributed by atoms with van der Waals surface area (Å²) in [5.41, 5.74) is 5.04. The van der Waals surface area contributed by atoms with Crippen molar-refractivity contribution in [1.29, 1.82) is 0 Å². The summed E-state index contributed by atoms with van der Waals surface area (Å²) in [4.78, 5) is 12.8. The highest BCUT2D eigenvalue weighted by Crippen LogP contribution is 2.14. The number of amides is 1. The van der Waals surface area contributed by atoms with Crippen LogP contribution in [0.25, 0.3) is 0 Å². The largest absolute Gasteiger partial charge is 0.370 e. The lowest BCUT2D eigenvalue weighted by atomic mass is 10.2. The molecule has 0 saturated carbocycles. The van der Waals surface area contributed by atoms with Crippen LogP contribution in [-0.2, 0) is 4.79 Å². The van der Waals surface area contributed by atoms with Gasteiger partial charge in [-0.2, -0.15) is 0 Å². The van der Waals surface area contributed by atoms with E-state index in [0.717, 1.165) is 13.0 Å². The highest BCUT2D eigenvalue weighted by atomic mass is 16.1. The minimum absolute atomic E-state index is 0.230. The lowest BCUT2D eigenvalue weighted by molar-refractivity contribution is -0.117. The van der Waals surface area contributed by atoms with Gasteiger partial charge in [0.05, 0.1) is 0 Å². The van der Waals surface area contributed by atoms with Gasteiger partial charge in [0.1, 0.15) is 0 Å². The number of carbonyl (C=O) groups excluding carboxylic acids is 1. The van der Waals surface area contributed by atoms with E-state index < -0.39 is 0 Å². The first-order valence-electron chi connectivity index (χ1n) is 4.81. The fraction of sp³-hybridized carbons (Fsp3) is 0.889. The molecule has 0 aromatic heterocycles. The second-order valence-electron chi connectivity index (χ2n) is 3.89. The fourth-order valence-corrected chi connectivity index (χ4v) is 1.74. The van der Waals surface area contributed by atoms with Crippen LogP contribution in [0.3, 0.4) is 0 Å². The molecule has 1 heterocycles. The second kappa shape index (κ2) is 4.58. The van der Waals surface area contributed by atoms with Crippen LogP contribution in [0.15, 0.2) is 0 Å². The number of nitrogens with zero attached hydrogens (tertiary/aromatic N) is 1. The van der Waals surface area contributed by atoms with Crippen LogP contribution >= 0.6 is 0 Å². The van der Waals surface area contributed by atoms with Crippen molar-refractivity contribution in [2.24, 2.45) is 5.73 Å². The molecule has 3 N–H and O–H groups in total. The van der Waals surface area contributed by atoms with Gasteiger partial charge >= 0.3 is 0 Å². The van der Waals surface area contributed by atoms with E-state index >= 15 is 0 Å². The maximum Gasteiger partial charge on any atom is 0.218 e. The van der Waals surface area contributed by atoms with Crippen molar-refractivity contribution >= 4 is 5.91 Å². The van der Waals surface area contributed by atoms with Crippen LogP contribution in [0.5, 0.6) is 0 Å². The van der Waals surface area contributed by atoms with E-state index in [4.69, 9.17) is 5.73 Å². The smallest absolute Gasteiger partial charge is 0.218 e. The van der Waals surface area contributed by atoms with Gasteiger partial charge in [-0.25, -0.2) is 0 Å². The zero-order chi connectivity index (χ0) is 9.84. The van der Waals surface area contributed by atoms with Gasteiger partial charge in [-0.05, 0) is 20.4 Å². The van der Waals surface area contributed by atoms with Gasteiger partial charge in [0.2, 0.25) is 5.91 Å². The molecule has 4 nitrogen and oxygen atoms in total. The zero-order valence-corrected chi connectivity index (χ0v) is 8.42. The third kappa shape index (κ3) is 3.32. The third-order valence-electron chi connectivity index (χ3n) is 2.69. The van der Waals surface area contributed by atoms with Crippen LogP contribution in [0, 0.1) is 0 Å². The summed E-state index contributed by atoms with van der Waals surface area (Å²) < 4.78 is 0. The Hall–Kier alpha value is -0.610. The van der Waals surface area contributed by atoms with E-state index in [2.05, 4.69) is 24.2 Å². The van der Waals surface area contributed by atoms with Gasteiger partial charge in [-0.1, -0.05) is 0 Å². The van der Waals surface area contributed by atoms with Crippen molar-refractivity contribution in [2.45, 2.75) is 31.8 Å². The Balaban J connectivity index is 2.13. The SMILES string of the molecule is CC1CC(NCCC(N)=O)CN1C. The first-order chi connectivity index (χ1) is 6.09. The van der Waals surface area contributed by atoms with Crippen LogP contribution in [0.4, 0.5) is 0 Å². The van der Waals surface area contributed by atoms with E-state index in [1.807, 2.05) is 0 Å². The summed E-state index contributed by atoms with van der Waals surface area (Å²) >= 11 is 0. The van der Waals surface area contributed by atoms with Crippen LogP contribution in [0.1, 0.15) is 19.8 Å². The molecule has 0 aromatic rings. The van der Waals surface area contributed by atoms with E-state index in [-0.39, 0.29) is 5.91 Å². The molecule has 1 rings (SSSR count). The van der Waals surface area contributed by atoms with Gasteiger partial charge < -0.3 is 16.0 Å². The number of primary amides is 1. The van der Waals surface area contributed by atoms with Gasteiger partial charge in [0.15, 0.2) is 0 Å². The molecule has 0 spiro atoms. The number of likely N-dealkylation sites (tertiary alicyclic amines) is 1. The highest BCUT2D eigenvalue weighted by Gasteiger charge is 2.25. The molecule has 0 radical (unpaired) electrons. The molecule has 4 heteroatoms. The van der Waals surface area contributed by atoms with Gasteiger partial charge in [-0.3, -0.25) is 4.79 Å². The number of nitrogens with one attached hydrogen (secondary N) is 1. The minimum atomic E-state index is -0.230. The van der Waals surface area contributed by atoms with E-state index in [9.17, 15) is 4.79 Å². The van der Waals surface area contributed by atoms with E-state index in [0.29, 0.717) is 25.0 Å². The number of nitrogens with two attached hydrogens (primary N) is 1. The Kier molecular flexibility index (Phi) is 3.69. The predicted octanol–water partition coefficient (Wildman–Crippen LogP) is -0.456. The monoisotopic (exact) mass is 185 g/mol. The number of likely N-dealkylation sites (N-methyl/N-ethyl adjacent to an activating group) is 1. The zero-order valence-electron chi connectivity index (χ0n) is 8.42. The lowest BCUT2D eigenvalue weighted by Gasteiger charge is -2.12. The number of hydrogen-bond acceptors (Lipinski definition) is 3. The van der Waals surface area contributed by atoms with Crippen LogP contribution < -0.4 is 11.1 Å². The number of hydrogen-bond donors (Lipinski definition) is 2. The van der Waals surface area contributed by atoms with Crippen LogP contribution in [0.2, 0.25) is 0 Å². The predicted molar refractivity (Wildman–Crippen MR) is 52.3 cm³/mol. The maximum atomic E-state index is 10.5. The molecule has 2 unspecified atom stereocenters. The molecule has 0 aliphatic carbocycles. The molecule has 1 aliphatic heterocycles. The minimum Gasteiger partial charge on any atom is -0.370 e. The fourth-order valence-electron chi connectivity index (χ4n) is 1.74. The summed E-state index contributed by atoms with van der Waals surface area (Å²) in [6, 6.07) is 1.17. The second-order valence-corrected chi connectivity index (χ2v) is 3.89. The molecule has 1 aliphatic rings. The molecule has 13 heavy (non-hydrogen) atoms. The molecule has 76 valence electrons. The maximum absolute atomic E-state index is 10.5. The summed E-state index contributed by atoms with van der Waals surface area (Å²) in [7, 11) is 2.13. The molecule has 0 aromatic carbocycles. The highest BCUT2D eigenvalue weighted by molar-refractivity contribution is 5.73. The Morgan fingerprint density at radius 3 is 2.85 bits per heavy atom. The topological polar surface area (TPSA) is 58.4 Å². The summed E-state index contributed by atoms with van der Waals surface area (Å²) in [6.45, 7) is 4.00. The molecule has 1 amide bonds.